The first-order chi connectivity index (χ1) is 7.45. The lowest BCUT2D eigenvalue weighted by atomic mass is 9.83. The summed E-state index contributed by atoms with van der Waals surface area (Å²) in [7, 11) is 0. The second-order valence-corrected chi connectivity index (χ2v) is 5.48. The molecule has 5 heteroatoms. The smallest absolute Gasteiger partial charge is 0.312 e. The van der Waals surface area contributed by atoms with Crippen molar-refractivity contribution in [2.75, 3.05) is 0 Å². The van der Waals surface area contributed by atoms with Crippen LogP contribution in [0.3, 0.4) is 0 Å². The van der Waals surface area contributed by atoms with Crippen LogP contribution < -0.4 is 0 Å². The van der Waals surface area contributed by atoms with Crippen LogP contribution in [-0.2, 0) is 23.8 Å². The molecule has 0 aromatic rings. The zero-order chi connectivity index (χ0) is 11.3. The molecule has 4 aliphatic rings. The number of carbonyl (C=O) groups is 2. The maximum Gasteiger partial charge on any atom is 0.312 e. The van der Waals surface area contributed by atoms with Crippen LogP contribution in [0.2, 0.25) is 0 Å². The van der Waals surface area contributed by atoms with Gasteiger partial charge in [-0.3, -0.25) is 14.3 Å². The normalized spacial score (nSPS) is 61.1. The van der Waals surface area contributed by atoms with Crippen LogP contribution in [0, 0.1) is 23.7 Å². The summed E-state index contributed by atoms with van der Waals surface area (Å²) in [5.74, 6) is -2.66. The topological polar surface area (TPSA) is 61.8 Å². The number of ether oxygens (including phenoxy) is 3. The largest absolute Gasteiger partial charge is 0.433 e. The summed E-state index contributed by atoms with van der Waals surface area (Å²) in [5, 5.41) is 0. The molecule has 3 heterocycles. The van der Waals surface area contributed by atoms with Gasteiger partial charge in [-0.15, -0.1) is 0 Å². The van der Waals surface area contributed by atoms with Gasteiger partial charge in [0, 0.05) is 25.7 Å². The highest BCUT2D eigenvalue weighted by molar-refractivity contribution is 5.83. The van der Waals surface area contributed by atoms with Crippen molar-refractivity contribution in [3.05, 3.63) is 0 Å². The summed E-state index contributed by atoms with van der Waals surface area (Å²) >= 11 is 0. The molecule has 16 heavy (non-hydrogen) atoms. The van der Waals surface area contributed by atoms with E-state index < -0.39 is 11.6 Å². The minimum Gasteiger partial charge on any atom is -0.433 e. The van der Waals surface area contributed by atoms with Crippen molar-refractivity contribution < 1.29 is 23.8 Å². The van der Waals surface area contributed by atoms with E-state index in [1.807, 2.05) is 0 Å². The number of rotatable bonds is 0. The molecule has 0 spiro atoms. The van der Waals surface area contributed by atoms with E-state index in [0.717, 1.165) is 0 Å². The Bertz CT molecular complexity index is 394. The molecule has 1 aliphatic carbocycles. The van der Waals surface area contributed by atoms with Crippen LogP contribution in [0.15, 0.2) is 0 Å². The maximum atomic E-state index is 11.7. The lowest BCUT2D eigenvalue weighted by molar-refractivity contribution is -0.280. The van der Waals surface area contributed by atoms with Crippen LogP contribution in [-0.4, -0.2) is 23.5 Å². The van der Waals surface area contributed by atoms with Crippen LogP contribution >= 0.6 is 0 Å². The Morgan fingerprint density at radius 1 is 1.00 bits per heavy atom. The number of hydrogen-bond acceptors (Lipinski definition) is 5. The Morgan fingerprint density at radius 3 is 1.88 bits per heavy atom. The fourth-order valence-electron chi connectivity index (χ4n) is 4.20. The third-order valence-electron chi connectivity index (χ3n) is 4.59. The quantitative estimate of drug-likeness (QED) is 0.558. The Kier molecular flexibility index (Phi) is 1.20. The van der Waals surface area contributed by atoms with Gasteiger partial charge in [-0.25, -0.2) is 0 Å². The maximum absolute atomic E-state index is 11.7. The standard InChI is InChI=1S/C11H12O5/c1-10-6-4(8(12)14-10)3-5-7(6)11(2,16-10)15-9(5)13/h4-7H,3H2,1-2H3/t4-,5+,6-,7-,10+,11-/m1/s1. The second-order valence-electron chi connectivity index (χ2n) is 5.48. The summed E-state index contributed by atoms with van der Waals surface area (Å²) in [6, 6.07) is 0. The number of hydrogen-bond donors (Lipinski definition) is 0. The van der Waals surface area contributed by atoms with Gasteiger partial charge in [-0.2, -0.15) is 0 Å². The minimum atomic E-state index is -0.892. The second kappa shape index (κ2) is 2.14. The first kappa shape index (κ1) is 8.98. The summed E-state index contributed by atoms with van der Waals surface area (Å²) in [6.07, 6.45) is 0.557. The lowest BCUT2D eigenvalue weighted by Gasteiger charge is -2.26. The lowest BCUT2D eigenvalue weighted by Crippen LogP contribution is -2.35. The number of esters is 2. The molecule has 5 nitrogen and oxygen atoms in total. The minimum absolute atomic E-state index is 0.0264. The van der Waals surface area contributed by atoms with Crippen molar-refractivity contribution in [3.63, 3.8) is 0 Å². The van der Waals surface area contributed by atoms with Gasteiger partial charge < -0.3 is 9.47 Å². The van der Waals surface area contributed by atoms with E-state index in [1.165, 1.54) is 0 Å². The molecule has 3 saturated heterocycles. The molecule has 4 fully saturated rings. The van der Waals surface area contributed by atoms with Crippen molar-refractivity contribution in [2.45, 2.75) is 31.8 Å². The van der Waals surface area contributed by atoms with Crippen molar-refractivity contribution in [2.24, 2.45) is 23.7 Å². The Hall–Kier alpha value is -1.10. The number of carbonyl (C=O) groups excluding carboxylic acids is 2. The zero-order valence-corrected chi connectivity index (χ0v) is 9.06. The molecular weight excluding hydrogens is 212 g/mol. The molecule has 4 rings (SSSR count). The molecule has 0 amide bonds. The van der Waals surface area contributed by atoms with Crippen LogP contribution in [0.4, 0.5) is 0 Å². The fourth-order valence-corrected chi connectivity index (χ4v) is 4.20. The highest BCUT2D eigenvalue weighted by Crippen LogP contribution is 2.66. The van der Waals surface area contributed by atoms with Gasteiger partial charge in [0.05, 0.1) is 11.8 Å². The average Bonchev–Trinajstić information content (AvgIpc) is 2.74. The van der Waals surface area contributed by atoms with E-state index in [2.05, 4.69) is 0 Å². The monoisotopic (exact) mass is 224 g/mol. The Morgan fingerprint density at radius 2 is 1.44 bits per heavy atom. The zero-order valence-electron chi connectivity index (χ0n) is 9.06. The highest BCUT2D eigenvalue weighted by Gasteiger charge is 2.78. The third-order valence-corrected chi connectivity index (χ3v) is 4.59. The first-order valence-electron chi connectivity index (χ1n) is 5.60. The van der Waals surface area contributed by atoms with E-state index in [1.54, 1.807) is 13.8 Å². The molecule has 0 radical (unpaired) electrons. The van der Waals surface area contributed by atoms with E-state index in [0.29, 0.717) is 6.42 Å². The summed E-state index contributed by atoms with van der Waals surface area (Å²) < 4.78 is 16.4. The van der Waals surface area contributed by atoms with Crippen molar-refractivity contribution in [1.82, 2.24) is 0 Å². The predicted molar refractivity (Wildman–Crippen MR) is 48.7 cm³/mol. The van der Waals surface area contributed by atoms with Crippen molar-refractivity contribution >= 4 is 11.9 Å². The molecule has 1 saturated carbocycles. The van der Waals surface area contributed by atoms with E-state index in [-0.39, 0.29) is 35.6 Å². The molecule has 0 unspecified atom stereocenters. The fraction of sp³-hybridized carbons (Fsp3) is 0.818. The summed E-state index contributed by atoms with van der Waals surface area (Å²) in [4.78, 5) is 23.4. The molecule has 3 aliphatic heterocycles. The Labute approximate surface area is 92.0 Å². The first-order valence-corrected chi connectivity index (χ1v) is 5.60. The molecule has 0 aromatic heterocycles. The van der Waals surface area contributed by atoms with E-state index >= 15 is 0 Å². The van der Waals surface area contributed by atoms with Crippen molar-refractivity contribution in [3.8, 4) is 0 Å². The summed E-state index contributed by atoms with van der Waals surface area (Å²) in [5.41, 5.74) is 0. The van der Waals surface area contributed by atoms with Gasteiger partial charge in [0.1, 0.15) is 0 Å². The van der Waals surface area contributed by atoms with Gasteiger partial charge in [-0.05, 0) is 6.42 Å². The van der Waals surface area contributed by atoms with Gasteiger partial charge in [0.2, 0.25) is 11.6 Å². The van der Waals surface area contributed by atoms with Gasteiger partial charge in [0.15, 0.2) is 0 Å². The SMILES string of the molecule is C[C@@]12OC(=O)[C@H]3C[C@H]4C(=O)O[C@@](C)(O1)[C@H]4[C@@H]32. The van der Waals surface area contributed by atoms with Crippen LogP contribution in [0.1, 0.15) is 20.3 Å². The van der Waals surface area contributed by atoms with Gasteiger partial charge >= 0.3 is 11.9 Å². The summed E-state index contributed by atoms with van der Waals surface area (Å²) in [6.45, 7) is 3.55. The third kappa shape index (κ3) is 0.705. The van der Waals surface area contributed by atoms with E-state index in [4.69, 9.17) is 14.2 Å². The van der Waals surface area contributed by atoms with E-state index in [9.17, 15) is 9.59 Å². The van der Waals surface area contributed by atoms with Crippen LogP contribution in [0.5, 0.6) is 0 Å². The molecule has 86 valence electrons. The molecular formula is C11H12O5. The van der Waals surface area contributed by atoms with Gasteiger partial charge in [-0.1, -0.05) is 0 Å². The molecule has 0 N–H and O–H groups in total. The van der Waals surface area contributed by atoms with Crippen molar-refractivity contribution in [1.29, 1.82) is 0 Å². The molecule has 6 atom stereocenters. The molecule has 0 aromatic carbocycles. The predicted octanol–water partition coefficient (Wildman–Crippen LogP) is 0.431. The highest BCUT2D eigenvalue weighted by atomic mass is 16.8. The van der Waals surface area contributed by atoms with Gasteiger partial charge in [0.25, 0.3) is 0 Å². The van der Waals surface area contributed by atoms with Crippen LogP contribution in [0.25, 0.3) is 0 Å². The molecule has 0 bridgehead atoms. The Balaban J connectivity index is 1.90. The average molecular weight is 224 g/mol.